The Morgan fingerprint density at radius 1 is 1.47 bits per heavy atom. The first-order valence-electron chi connectivity index (χ1n) is 5.59. The third-order valence-electron chi connectivity index (χ3n) is 2.41. The summed E-state index contributed by atoms with van der Waals surface area (Å²) >= 11 is 0. The second-order valence-electron chi connectivity index (χ2n) is 4.07. The molecule has 0 atom stereocenters. The highest BCUT2D eigenvalue weighted by atomic mass is 16.1. The zero-order chi connectivity index (χ0) is 13.8. The molecule has 100 valence electrons. The summed E-state index contributed by atoms with van der Waals surface area (Å²) in [7, 11) is 3.68. The van der Waals surface area contributed by atoms with Crippen molar-refractivity contribution in [1.29, 1.82) is 0 Å². The number of hydrogen-bond donors (Lipinski definition) is 2. The van der Waals surface area contributed by atoms with Gasteiger partial charge in [0.15, 0.2) is 5.82 Å². The van der Waals surface area contributed by atoms with Crippen LogP contribution >= 0.6 is 0 Å². The Bertz CT molecular complexity index is 565. The molecular formula is C10H14N8O. The van der Waals surface area contributed by atoms with Gasteiger partial charge >= 0.3 is 0 Å². The summed E-state index contributed by atoms with van der Waals surface area (Å²) in [5, 5.41) is 15.9. The summed E-state index contributed by atoms with van der Waals surface area (Å²) in [6.07, 6.45) is 1.50. The molecule has 0 aliphatic heterocycles. The van der Waals surface area contributed by atoms with E-state index in [0.717, 1.165) is 0 Å². The summed E-state index contributed by atoms with van der Waals surface area (Å²) in [6.45, 7) is 1.96. The number of rotatable bonds is 4. The Morgan fingerprint density at radius 2 is 2.26 bits per heavy atom. The Balaban J connectivity index is 2.06. The average molecular weight is 262 g/mol. The van der Waals surface area contributed by atoms with Crippen molar-refractivity contribution in [3.63, 3.8) is 0 Å². The predicted molar refractivity (Wildman–Crippen MR) is 66.4 cm³/mol. The third-order valence-corrected chi connectivity index (χ3v) is 2.41. The van der Waals surface area contributed by atoms with E-state index in [9.17, 15) is 4.79 Å². The van der Waals surface area contributed by atoms with Gasteiger partial charge in [-0.05, 0) is 6.92 Å². The molecule has 0 aliphatic carbocycles. The lowest BCUT2D eigenvalue weighted by Crippen LogP contribution is -2.25. The molecule has 0 bridgehead atoms. The molecule has 0 aromatic carbocycles. The van der Waals surface area contributed by atoms with Gasteiger partial charge in [-0.25, -0.2) is 9.97 Å². The van der Waals surface area contributed by atoms with Gasteiger partial charge in [-0.2, -0.15) is 5.21 Å². The smallest absolute Gasteiger partial charge is 0.255 e. The highest BCUT2D eigenvalue weighted by molar-refractivity contribution is 5.94. The second-order valence-corrected chi connectivity index (χ2v) is 4.07. The number of hydrogen-bond acceptors (Lipinski definition) is 7. The molecule has 1 amide bonds. The molecule has 0 radical (unpaired) electrons. The van der Waals surface area contributed by atoms with Crippen LogP contribution in [0.3, 0.4) is 0 Å². The molecule has 2 heterocycles. The number of carbonyl (C=O) groups is 1. The number of aryl methyl sites for hydroxylation is 1. The van der Waals surface area contributed by atoms with Gasteiger partial charge in [0.1, 0.15) is 0 Å². The standard InChI is InChI=1S/C10H14N8O/c1-6-7(4-12-10(13-6)18(2)3)9(19)11-5-8-14-16-17-15-8/h4H,5H2,1-3H3,(H,11,19)(H,14,15,16,17). The molecule has 9 heteroatoms. The summed E-state index contributed by atoms with van der Waals surface area (Å²) in [5.41, 5.74) is 1.04. The van der Waals surface area contributed by atoms with Crippen molar-refractivity contribution in [2.24, 2.45) is 0 Å². The van der Waals surface area contributed by atoms with E-state index in [-0.39, 0.29) is 12.5 Å². The van der Waals surface area contributed by atoms with Gasteiger partial charge in [-0.15, -0.1) is 10.2 Å². The van der Waals surface area contributed by atoms with Crippen LogP contribution in [0.4, 0.5) is 5.95 Å². The quantitative estimate of drug-likeness (QED) is 0.748. The fourth-order valence-electron chi connectivity index (χ4n) is 1.41. The van der Waals surface area contributed by atoms with Crippen LogP contribution in [0.5, 0.6) is 0 Å². The molecule has 2 aromatic rings. The summed E-state index contributed by atoms with van der Waals surface area (Å²) in [6, 6.07) is 0. The first-order valence-corrected chi connectivity index (χ1v) is 5.59. The van der Waals surface area contributed by atoms with Crippen LogP contribution in [0, 0.1) is 6.92 Å². The van der Waals surface area contributed by atoms with E-state index >= 15 is 0 Å². The number of amides is 1. The fraction of sp³-hybridized carbons (Fsp3) is 0.400. The van der Waals surface area contributed by atoms with Gasteiger partial charge in [-0.1, -0.05) is 5.21 Å². The van der Waals surface area contributed by atoms with E-state index in [4.69, 9.17) is 0 Å². The summed E-state index contributed by atoms with van der Waals surface area (Å²) < 4.78 is 0. The lowest BCUT2D eigenvalue weighted by Gasteiger charge is -2.12. The van der Waals surface area contributed by atoms with Gasteiger partial charge in [0.25, 0.3) is 5.91 Å². The highest BCUT2D eigenvalue weighted by Crippen LogP contribution is 2.08. The van der Waals surface area contributed by atoms with E-state index in [1.54, 1.807) is 11.8 Å². The van der Waals surface area contributed by atoms with Crippen LogP contribution in [0.1, 0.15) is 21.9 Å². The number of carbonyl (C=O) groups excluding carboxylic acids is 1. The Hall–Kier alpha value is -2.58. The molecule has 2 rings (SSSR count). The molecule has 0 unspecified atom stereocenters. The lowest BCUT2D eigenvalue weighted by atomic mass is 10.2. The minimum absolute atomic E-state index is 0.199. The lowest BCUT2D eigenvalue weighted by molar-refractivity contribution is 0.0948. The SMILES string of the molecule is Cc1nc(N(C)C)ncc1C(=O)NCc1nn[nH]n1. The number of tetrazole rings is 1. The second kappa shape index (κ2) is 5.38. The fourth-order valence-corrected chi connectivity index (χ4v) is 1.41. The number of nitrogens with one attached hydrogen (secondary N) is 2. The van der Waals surface area contributed by atoms with Gasteiger partial charge in [-0.3, -0.25) is 4.79 Å². The van der Waals surface area contributed by atoms with Gasteiger partial charge in [0.2, 0.25) is 5.95 Å². The Morgan fingerprint density at radius 3 is 2.84 bits per heavy atom. The zero-order valence-corrected chi connectivity index (χ0v) is 10.9. The molecule has 0 saturated heterocycles. The van der Waals surface area contributed by atoms with Crippen LogP contribution < -0.4 is 10.2 Å². The van der Waals surface area contributed by atoms with Crippen LogP contribution in [-0.4, -0.2) is 50.6 Å². The van der Waals surface area contributed by atoms with Crippen molar-refractivity contribution in [1.82, 2.24) is 35.9 Å². The minimum atomic E-state index is -0.271. The molecule has 0 fully saturated rings. The van der Waals surface area contributed by atoms with E-state index in [1.165, 1.54) is 6.20 Å². The summed E-state index contributed by atoms with van der Waals surface area (Å²) in [4.78, 5) is 22.1. The number of anilines is 1. The zero-order valence-electron chi connectivity index (χ0n) is 10.9. The number of nitrogens with zero attached hydrogens (tertiary/aromatic N) is 6. The van der Waals surface area contributed by atoms with Crippen LogP contribution in [0.2, 0.25) is 0 Å². The van der Waals surface area contributed by atoms with Crippen LogP contribution in [0.15, 0.2) is 6.20 Å². The Labute approximate surface area is 109 Å². The van der Waals surface area contributed by atoms with Crippen molar-refractivity contribution in [2.45, 2.75) is 13.5 Å². The number of aromatic amines is 1. The molecule has 0 saturated carbocycles. The monoisotopic (exact) mass is 262 g/mol. The van der Waals surface area contributed by atoms with Gasteiger partial charge < -0.3 is 10.2 Å². The van der Waals surface area contributed by atoms with Gasteiger partial charge in [0, 0.05) is 20.3 Å². The van der Waals surface area contributed by atoms with Crippen molar-refractivity contribution in [3.8, 4) is 0 Å². The maximum Gasteiger partial charge on any atom is 0.255 e. The molecule has 0 aliphatic rings. The number of aromatic nitrogens is 6. The molecule has 2 N–H and O–H groups in total. The average Bonchev–Trinajstić information content (AvgIpc) is 2.88. The molecule has 19 heavy (non-hydrogen) atoms. The van der Waals surface area contributed by atoms with Crippen molar-refractivity contribution < 1.29 is 4.79 Å². The largest absolute Gasteiger partial charge is 0.347 e. The molecular weight excluding hydrogens is 248 g/mol. The normalized spacial score (nSPS) is 10.3. The van der Waals surface area contributed by atoms with Crippen LogP contribution in [-0.2, 0) is 6.54 Å². The maximum absolute atomic E-state index is 12.0. The highest BCUT2D eigenvalue weighted by Gasteiger charge is 2.12. The van der Waals surface area contributed by atoms with E-state index in [0.29, 0.717) is 23.0 Å². The van der Waals surface area contributed by atoms with Crippen molar-refractivity contribution >= 4 is 11.9 Å². The number of H-pyrrole nitrogens is 1. The van der Waals surface area contributed by atoms with E-state index < -0.39 is 0 Å². The molecule has 0 spiro atoms. The van der Waals surface area contributed by atoms with Crippen molar-refractivity contribution in [3.05, 3.63) is 23.3 Å². The van der Waals surface area contributed by atoms with E-state index in [2.05, 4.69) is 35.9 Å². The first-order chi connectivity index (χ1) is 9.08. The molecule has 2 aromatic heterocycles. The third kappa shape index (κ3) is 3.00. The Kier molecular flexibility index (Phi) is 3.64. The predicted octanol–water partition coefficient (Wildman–Crippen LogP) is -0.706. The van der Waals surface area contributed by atoms with E-state index in [1.807, 2.05) is 14.1 Å². The van der Waals surface area contributed by atoms with Crippen molar-refractivity contribution in [2.75, 3.05) is 19.0 Å². The first kappa shape index (κ1) is 12.9. The van der Waals surface area contributed by atoms with Gasteiger partial charge in [0.05, 0.1) is 17.8 Å². The topological polar surface area (TPSA) is 113 Å². The maximum atomic E-state index is 12.0. The molecule has 9 nitrogen and oxygen atoms in total. The summed E-state index contributed by atoms with van der Waals surface area (Å²) in [5.74, 6) is 0.705. The van der Waals surface area contributed by atoms with Crippen LogP contribution in [0.25, 0.3) is 0 Å². The minimum Gasteiger partial charge on any atom is -0.347 e.